The third-order valence-corrected chi connectivity index (χ3v) is 5.82. The fourth-order valence-electron chi connectivity index (χ4n) is 1.91. The van der Waals surface area contributed by atoms with E-state index in [2.05, 4.69) is 4.98 Å². The molecule has 1 aromatic carbocycles. The molecule has 0 amide bonds. The fourth-order valence-corrected chi connectivity index (χ4v) is 3.90. The van der Waals surface area contributed by atoms with Gasteiger partial charge in [0, 0.05) is 12.4 Å². The van der Waals surface area contributed by atoms with Gasteiger partial charge in [-0.05, 0) is 31.5 Å². The van der Waals surface area contributed by atoms with Crippen molar-refractivity contribution in [1.29, 1.82) is 5.26 Å². The van der Waals surface area contributed by atoms with Crippen LogP contribution in [0.5, 0.6) is 0 Å². The summed E-state index contributed by atoms with van der Waals surface area (Å²) in [5, 5.41) is 11.7. The molecule has 1 heterocycles. The van der Waals surface area contributed by atoms with Gasteiger partial charge in [-0.1, -0.05) is 6.07 Å². The van der Waals surface area contributed by atoms with Crippen LogP contribution in [0.3, 0.4) is 0 Å². The molecule has 110 valence electrons. The second-order valence-electron chi connectivity index (χ2n) is 4.71. The monoisotopic (exact) mass is 321 g/mol. The lowest BCUT2D eigenvalue weighted by Crippen LogP contribution is -2.27. The molecule has 1 aromatic heterocycles. The van der Waals surface area contributed by atoms with Gasteiger partial charge in [0.1, 0.15) is 0 Å². The molecule has 2 aromatic rings. The zero-order valence-corrected chi connectivity index (χ0v) is 13.6. The van der Waals surface area contributed by atoms with Crippen molar-refractivity contribution < 1.29 is 8.42 Å². The molecule has 0 aliphatic carbocycles. The Labute approximate surface area is 128 Å². The number of rotatable bonds is 4. The number of aryl methyl sites for hydroxylation is 2. The highest BCUT2D eigenvalue weighted by atomic mass is 32.2. The average molecular weight is 321 g/mol. The third-order valence-electron chi connectivity index (χ3n) is 3.06. The summed E-state index contributed by atoms with van der Waals surface area (Å²) < 4.78 is 26.5. The fraction of sp³-hybridized carbons (Fsp3) is 0.286. The van der Waals surface area contributed by atoms with Gasteiger partial charge in [0.15, 0.2) is 0 Å². The van der Waals surface area contributed by atoms with Crippen LogP contribution in [0.25, 0.3) is 0 Å². The Bertz CT molecular complexity index is 804. The minimum atomic E-state index is -3.64. The smallest absolute Gasteiger partial charge is 0.243 e. The highest BCUT2D eigenvalue weighted by Gasteiger charge is 2.24. The molecule has 0 spiro atoms. The Hall–Kier alpha value is -1.75. The molecule has 0 fully saturated rings. The molecular weight excluding hydrogens is 306 g/mol. The minimum absolute atomic E-state index is 0.163. The predicted molar refractivity (Wildman–Crippen MR) is 81.4 cm³/mol. The molecule has 7 heteroatoms. The standard InChI is InChI=1S/C14H15N3O2S2/c1-10-4-5-12(7-15)6-14(10)21(18,19)17(3)8-13-9-20-11(2)16-13/h4-6,9H,8H2,1-3H3. The van der Waals surface area contributed by atoms with Gasteiger partial charge < -0.3 is 0 Å². The third kappa shape index (κ3) is 3.29. The van der Waals surface area contributed by atoms with Gasteiger partial charge in [0.2, 0.25) is 10.0 Å². The first kappa shape index (κ1) is 15.6. The summed E-state index contributed by atoms with van der Waals surface area (Å²) in [6.07, 6.45) is 0. The molecule has 0 saturated carbocycles. The van der Waals surface area contributed by atoms with Crippen molar-refractivity contribution in [3.05, 3.63) is 45.4 Å². The van der Waals surface area contributed by atoms with Crippen molar-refractivity contribution in [2.75, 3.05) is 7.05 Å². The van der Waals surface area contributed by atoms with E-state index in [1.165, 1.54) is 28.8 Å². The topological polar surface area (TPSA) is 74.1 Å². The van der Waals surface area contributed by atoms with Gasteiger partial charge in [-0.2, -0.15) is 9.57 Å². The highest BCUT2D eigenvalue weighted by molar-refractivity contribution is 7.89. The SMILES string of the molecule is Cc1nc(CN(C)S(=O)(=O)c2cc(C#N)ccc2C)cs1. The lowest BCUT2D eigenvalue weighted by Gasteiger charge is -2.17. The van der Waals surface area contributed by atoms with Crippen molar-refractivity contribution in [3.8, 4) is 6.07 Å². The summed E-state index contributed by atoms with van der Waals surface area (Å²) >= 11 is 1.49. The van der Waals surface area contributed by atoms with Crippen molar-refractivity contribution in [2.45, 2.75) is 25.3 Å². The minimum Gasteiger partial charge on any atom is -0.245 e. The second kappa shape index (κ2) is 5.93. The van der Waals surface area contributed by atoms with Crippen LogP contribution in [-0.2, 0) is 16.6 Å². The molecule has 0 unspecified atom stereocenters. The molecule has 0 bridgehead atoms. The van der Waals surface area contributed by atoms with Crippen LogP contribution < -0.4 is 0 Å². The normalized spacial score (nSPS) is 11.6. The largest absolute Gasteiger partial charge is 0.245 e. The number of benzene rings is 1. The first-order chi connectivity index (χ1) is 9.84. The van der Waals surface area contributed by atoms with E-state index in [0.29, 0.717) is 11.1 Å². The number of nitrogens with zero attached hydrogens (tertiary/aromatic N) is 3. The summed E-state index contributed by atoms with van der Waals surface area (Å²) in [6, 6.07) is 6.63. The highest BCUT2D eigenvalue weighted by Crippen LogP contribution is 2.22. The van der Waals surface area contributed by atoms with Crippen LogP contribution in [0.2, 0.25) is 0 Å². The van der Waals surface area contributed by atoms with E-state index in [-0.39, 0.29) is 11.4 Å². The van der Waals surface area contributed by atoms with E-state index in [0.717, 1.165) is 10.7 Å². The van der Waals surface area contributed by atoms with Crippen molar-refractivity contribution in [2.24, 2.45) is 0 Å². The second-order valence-corrected chi connectivity index (χ2v) is 7.79. The van der Waals surface area contributed by atoms with Gasteiger partial charge in [-0.25, -0.2) is 13.4 Å². The van der Waals surface area contributed by atoms with Crippen LogP contribution in [0.4, 0.5) is 0 Å². The zero-order chi connectivity index (χ0) is 15.6. The molecule has 0 N–H and O–H groups in total. The maximum Gasteiger partial charge on any atom is 0.243 e. The van der Waals surface area contributed by atoms with E-state index in [4.69, 9.17) is 5.26 Å². The summed E-state index contributed by atoms with van der Waals surface area (Å²) in [5.41, 5.74) is 1.67. The first-order valence-electron chi connectivity index (χ1n) is 6.22. The number of sulfonamides is 1. The number of aromatic nitrogens is 1. The lowest BCUT2D eigenvalue weighted by molar-refractivity contribution is 0.462. The summed E-state index contributed by atoms with van der Waals surface area (Å²) in [6.45, 7) is 3.81. The average Bonchev–Trinajstić information content (AvgIpc) is 2.84. The number of hydrogen-bond donors (Lipinski definition) is 0. The molecule has 0 saturated heterocycles. The summed E-state index contributed by atoms with van der Waals surface area (Å²) in [7, 11) is -2.13. The van der Waals surface area contributed by atoms with Gasteiger partial charge in [0.25, 0.3) is 0 Å². The molecule has 0 aliphatic heterocycles. The van der Waals surface area contributed by atoms with E-state index < -0.39 is 10.0 Å². The van der Waals surface area contributed by atoms with Crippen molar-refractivity contribution in [1.82, 2.24) is 9.29 Å². The van der Waals surface area contributed by atoms with Crippen molar-refractivity contribution >= 4 is 21.4 Å². The molecule has 5 nitrogen and oxygen atoms in total. The maximum atomic E-state index is 12.6. The number of thiazole rings is 1. The van der Waals surface area contributed by atoms with Crippen LogP contribution in [0.15, 0.2) is 28.5 Å². The van der Waals surface area contributed by atoms with Gasteiger partial charge >= 0.3 is 0 Å². The van der Waals surface area contributed by atoms with Crippen LogP contribution >= 0.6 is 11.3 Å². The van der Waals surface area contributed by atoms with Crippen LogP contribution in [0, 0.1) is 25.2 Å². The van der Waals surface area contributed by atoms with Crippen molar-refractivity contribution in [3.63, 3.8) is 0 Å². The van der Waals surface area contributed by atoms with Crippen LogP contribution in [0.1, 0.15) is 21.8 Å². The Kier molecular flexibility index (Phi) is 4.42. The zero-order valence-electron chi connectivity index (χ0n) is 12.0. The quantitative estimate of drug-likeness (QED) is 0.867. The molecule has 21 heavy (non-hydrogen) atoms. The Morgan fingerprint density at radius 3 is 2.67 bits per heavy atom. The van der Waals surface area contributed by atoms with E-state index in [9.17, 15) is 8.42 Å². The Morgan fingerprint density at radius 1 is 1.38 bits per heavy atom. The summed E-state index contributed by atoms with van der Waals surface area (Å²) in [4.78, 5) is 4.44. The molecule has 0 atom stereocenters. The maximum absolute atomic E-state index is 12.6. The molecule has 0 radical (unpaired) electrons. The number of nitriles is 1. The Morgan fingerprint density at radius 2 is 2.10 bits per heavy atom. The van der Waals surface area contributed by atoms with Gasteiger partial charge in [-0.3, -0.25) is 0 Å². The van der Waals surface area contributed by atoms with E-state index in [1.807, 2.05) is 18.4 Å². The predicted octanol–water partition coefficient (Wildman–Crippen LogP) is 2.45. The Balaban J connectivity index is 2.35. The molecule has 0 aliphatic rings. The van der Waals surface area contributed by atoms with Gasteiger partial charge in [-0.15, -0.1) is 11.3 Å². The van der Waals surface area contributed by atoms with E-state index in [1.54, 1.807) is 19.1 Å². The van der Waals surface area contributed by atoms with E-state index >= 15 is 0 Å². The molecule has 2 rings (SSSR count). The first-order valence-corrected chi connectivity index (χ1v) is 8.54. The van der Waals surface area contributed by atoms with Crippen LogP contribution in [-0.4, -0.2) is 24.8 Å². The summed E-state index contributed by atoms with van der Waals surface area (Å²) in [5.74, 6) is 0. The lowest BCUT2D eigenvalue weighted by atomic mass is 10.2. The molecular formula is C14H15N3O2S2. The number of hydrogen-bond acceptors (Lipinski definition) is 5. The van der Waals surface area contributed by atoms with Gasteiger partial charge in [0.05, 0.1) is 33.8 Å².